The molecular formula is C16H13Cl2IN3O4P. The first-order valence-electron chi connectivity index (χ1n) is 7.41. The van der Waals surface area contributed by atoms with Crippen LogP contribution in [0, 0.1) is 0 Å². The van der Waals surface area contributed by atoms with Gasteiger partial charge in [0.15, 0.2) is 11.3 Å². The van der Waals surface area contributed by atoms with Gasteiger partial charge in [0.2, 0.25) is 0 Å². The first-order valence-corrected chi connectivity index (χ1v) is 12.2. The number of hydrogen-bond acceptors (Lipinski definition) is 6. The second-order valence-electron chi connectivity index (χ2n) is 5.19. The van der Waals surface area contributed by atoms with E-state index >= 15 is 0 Å². The highest BCUT2D eigenvalue weighted by Gasteiger charge is 2.23. The van der Waals surface area contributed by atoms with Crippen LogP contribution in [0.1, 0.15) is 10.5 Å². The number of fused-ring (bicyclic) bond motifs is 1. The van der Waals surface area contributed by atoms with Crippen molar-refractivity contribution in [3.8, 4) is 22.8 Å². The van der Waals surface area contributed by atoms with Crippen molar-refractivity contribution in [1.29, 1.82) is 0 Å². The van der Waals surface area contributed by atoms with Crippen LogP contribution in [0.5, 0.6) is 11.5 Å². The van der Waals surface area contributed by atoms with Crippen molar-refractivity contribution in [2.45, 2.75) is 0 Å². The lowest BCUT2D eigenvalue weighted by atomic mass is 10.1. The predicted molar refractivity (Wildman–Crippen MR) is 115 cm³/mol. The molecule has 0 amide bonds. The minimum Gasteiger partial charge on any atom is -0.495 e. The molecule has 142 valence electrons. The summed E-state index contributed by atoms with van der Waals surface area (Å²) >= 11 is 15.1. The van der Waals surface area contributed by atoms with E-state index in [1.807, 2.05) is 0 Å². The maximum atomic E-state index is 12.0. The number of pyridine rings is 1. The van der Waals surface area contributed by atoms with Crippen LogP contribution in [-0.4, -0.2) is 41.8 Å². The second kappa shape index (κ2) is 8.34. The van der Waals surface area contributed by atoms with Crippen LogP contribution in [0.3, 0.4) is 0 Å². The molecular weight excluding hydrogens is 527 g/mol. The molecule has 2 aromatic heterocycles. The molecule has 0 aliphatic heterocycles. The Balaban J connectivity index is 2.29. The number of halogens is 3. The van der Waals surface area contributed by atoms with Gasteiger partial charge in [-0.15, -0.1) is 0 Å². The molecule has 0 radical (unpaired) electrons. The van der Waals surface area contributed by atoms with Gasteiger partial charge >= 0.3 is 5.97 Å². The van der Waals surface area contributed by atoms with Gasteiger partial charge in [-0.05, 0) is 34.2 Å². The average molecular weight is 540 g/mol. The molecule has 0 aliphatic carbocycles. The van der Waals surface area contributed by atoms with Crippen LogP contribution in [-0.2, 0) is 4.74 Å². The number of hydrogen-bond donors (Lipinski definition) is 0. The van der Waals surface area contributed by atoms with Gasteiger partial charge in [-0.3, -0.25) is 0 Å². The van der Waals surface area contributed by atoms with E-state index in [4.69, 9.17) is 37.4 Å². The summed E-state index contributed by atoms with van der Waals surface area (Å²) in [5.41, 5.74) is 1.70. The van der Waals surface area contributed by atoms with Crippen LogP contribution in [0.25, 0.3) is 22.3 Å². The molecule has 0 saturated heterocycles. The molecule has 1 aromatic carbocycles. The lowest BCUT2D eigenvalue weighted by Crippen LogP contribution is -2.02. The fraction of sp³-hybridized carbons (Fsp3) is 0.188. The first kappa shape index (κ1) is 20.4. The van der Waals surface area contributed by atoms with Gasteiger partial charge in [-0.1, -0.05) is 23.2 Å². The van der Waals surface area contributed by atoms with Crippen molar-refractivity contribution in [3.63, 3.8) is 0 Å². The van der Waals surface area contributed by atoms with Crippen LogP contribution >= 0.6 is 51.6 Å². The summed E-state index contributed by atoms with van der Waals surface area (Å²) in [6.07, 6.45) is 0.233. The van der Waals surface area contributed by atoms with Crippen LogP contribution in [0.15, 0.2) is 18.2 Å². The molecule has 0 N–H and O–H groups in total. The molecule has 27 heavy (non-hydrogen) atoms. The number of carbonyl (C=O) groups is 1. The number of methoxy groups -OCH3 is 3. The Bertz CT molecular complexity index is 1020. The van der Waals surface area contributed by atoms with Crippen LogP contribution < -0.4 is 9.47 Å². The summed E-state index contributed by atoms with van der Waals surface area (Å²) in [6.45, 7) is 0. The van der Waals surface area contributed by atoms with Gasteiger partial charge in [0.05, 0.1) is 48.8 Å². The maximum absolute atomic E-state index is 12.0. The smallest absolute Gasteiger partial charge is 0.359 e. The third kappa shape index (κ3) is 3.55. The Hall–Kier alpha value is -1.35. The number of carbonyl (C=O) groups excluding carboxylic acids is 1. The number of benzene rings is 1. The quantitative estimate of drug-likeness (QED) is 0.258. The Morgan fingerprint density at radius 1 is 1.15 bits per heavy atom. The van der Waals surface area contributed by atoms with E-state index in [2.05, 4.69) is 32.1 Å². The largest absolute Gasteiger partial charge is 0.495 e. The molecule has 7 nitrogen and oxygen atoms in total. The van der Waals surface area contributed by atoms with Gasteiger partial charge in [0.25, 0.3) is 0 Å². The van der Waals surface area contributed by atoms with Crippen molar-refractivity contribution in [2.24, 2.45) is 0 Å². The van der Waals surface area contributed by atoms with Crippen molar-refractivity contribution in [2.75, 3.05) is 21.3 Å². The molecule has 11 heteroatoms. The van der Waals surface area contributed by atoms with E-state index in [-0.39, 0.29) is 12.1 Å². The standard InChI is InChI=1S/C16H13Cl2IN3O4P/c1-24-9-6-10(25-2)13(18)11(12(9)17)8-5-4-7-14(16(23)26-3)21-22(27-19)15(7)20-8/h4-6,27H,1-3H3. The first-order chi connectivity index (χ1) is 13.0. The van der Waals surface area contributed by atoms with Crippen LogP contribution in [0.4, 0.5) is 0 Å². The number of ether oxygens (including phenoxy) is 3. The van der Waals surface area contributed by atoms with Crippen molar-refractivity contribution >= 4 is 68.6 Å². The minimum absolute atomic E-state index is 0.205. The summed E-state index contributed by atoms with van der Waals surface area (Å²) in [6, 6.07) is 5.06. The number of rotatable bonds is 5. The topological polar surface area (TPSA) is 75.5 Å². The summed E-state index contributed by atoms with van der Waals surface area (Å²) < 4.78 is 17.0. The minimum atomic E-state index is -0.526. The van der Waals surface area contributed by atoms with Gasteiger partial charge in [-0.25, -0.2) is 14.2 Å². The highest BCUT2D eigenvalue weighted by molar-refractivity contribution is 14.2. The zero-order valence-electron chi connectivity index (χ0n) is 14.3. The molecule has 0 bridgehead atoms. The van der Waals surface area contributed by atoms with Gasteiger partial charge in [0.1, 0.15) is 11.5 Å². The number of nitrogens with zero attached hydrogens (tertiary/aromatic N) is 3. The number of esters is 1. The zero-order valence-corrected chi connectivity index (χ0v) is 19.0. The summed E-state index contributed by atoms with van der Waals surface area (Å²) in [4.78, 5) is 16.6. The van der Waals surface area contributed by atoms with E-state index in [0.717, 1.165) is 0 Å². The van der Waals surface area contributed by atoms with E-state index in [9.17, 15) is 4.79 Å². The molecule has 1 unspecified atom stereocenters. The maximum Gasteiger partial charge on any atom is 0.359 e. The lowest BCUT2D eigenvalue weighted by molar-refractivity contribution is 0.0596. The monoisotopic (exact) mass is 539 g/mol. The molecule has 0 fully saturated rings. The highest BCUT2D eigenvalue weighted by atomic mass is 127. The van der Waals surface area contributed by atoms with Crippen molar-refractivity contribution in [1.82, 2.24) is 14.5 Å². The Morgan fingerprint density at radius 3 is 2.30 bits per heavy atom. The molecule has 3 aromatic rings. The second-order valence-corrected chi connectivity index (χ2v) is 7.98. The van der Waals surface area contributed by atoms with Crippen LogP contribution in [0.2, 0.25) is 10.0 Å². The zero-order chi connectivity index (χ0) is 19.7. The average Bonchev–Trinajstić information content (AvgIpc) is 3.06. The van der Waals surface area contributed by atoms with E-state index < -0.39 is 5.97 Å². The third-order valence-electron chi connectivity index (χ3n) is 3.82. The third-order valence-corrected chi connectivity index (χ3v) is 6.41. The summed E-state index contributed by atoms with van der Waals surface area (Å²) in [5.74, 6) is 0.297. The molecule has 2 heterocycles. The highest BCUT2D eigenvalue weighted by Crippen LogP contribution is 2.45. The Morgan fingerprint density at radius 2 is 1.78 bits per heavy atom. The molecule has 3 rings (SSSR count). The fourth-order valence-electron chi connectivity index (χ4n) is 2.55. The molecule has 0 aliphatic rings. The number of aromatic nitrogens is 3. The fourth-order valence-corrected chi connectivity index (χ4v) is 4.64. The Kier molecular flexibility index (Phi) is 6.30. The van der Waals surface area contributed by atoms with Gasteiger partial charge in [0, 0.05) is 11.6 Å². The van der Waals surface area contributed by atoms with Gasteiger partial charge in [-0.2, -0.15) is 5.10 Å². The summed E-state index contributed by atoms with van der Waals surface area (Å²) in [5, 5.41) is 5.50. The SMILES string of the molecule is COC(=O)c1nn(PI)c2nc(-c3c(Cl)c(OC)cc(OC)c3Cl)ccc12. The Labute approximate surface area is 179 Å². The molecule has 0 saturated carbocycles. The van der Waals surface area contributed by atoms with E-state index in [1.54, 1.807) is 22.7 Å². The van der Waals surface area contributed by atoms with Crippen molar-refractivity contribution < 1.29 is 19.0 Å². The van der Waals surface area contributed by atoms with Gasteiger partial charge < -0.3 is 14.2 Å². The molecule has 0 spiro atoms. The molecule has 1 atom stereocenters. The lowest BCUT2D eigenvalue weighted by Gasteiger charge is -2.14. The predicted octanol–water partition coefficient (Wildman–Crippen LogP) is 5.00. The van der Waals surface area contributed by atoms with E-state index in [0.29, 0.717) is 43.8 Å². The van der Waals surface area contributed by atoms with E-state index in [1.165, 1.54) is 21.3 Å². The van der Waals surface area contributed by atoms with Crippen molar-refractivity contribution in [3.05, 3.63) is 33.9 Å². The summed E-state index contributed by atoms with van der Waals surface area (Å²) in [7, 11) is 4.32. The normalized spacial score (nSPS) is 11.3.